The maximum Gasteiger partial charge on any atom is 0.126 e. The highest BCUT2D eigenvalue weighted by Gasteiger charge is 2.37. The van der Waals surface area contributed by atoms with E-state index in [1.807, 2.05) is 6.07 Å². The molecule has 94 valence electrons. The lowest BCUT2D eigenvalue weighted by molar-refractivity contribution is 0.215. The highest BCUT2D eigenvalue weighted by molar-refractivity contribution is 5.36. The second-order valence-corrected chi connectivity index (χ2v) is 6.19. The van der Waals surface area contributed by atoms with Gasteiger partial charge in [-0.3, -0.25) is 0 Å². The first kappa shape index (κ1) is 12.6. The fourth-order valence-corrected chi connectivity index (χ4v) is 3.31. The predicted molar refractivity (Wildman–Crippen MR) is 69.5 cm³/mol. The molecule has 0 aliphatic heterocycles. The van der Waals surface area contributed by atoms with E-state index in [1.54, 1.807) is 6.07 Å². The molecule has 0 fully saturated rings. The summed E-state index contributed by atoms with van der Waals surface area (Å²) in [4.78, 5) is 0. The maximum atomic E-state index is 13.8. The molecule has 2 rings (SSSR count). The van der Waals surface area contributed by atoms with Gasteiger partial charge in [-0.15, -0.1) is 0 Å². The Morgan fingerprint density at radius 2 is 2.06 bits per heavy atom. The minimum Gasteiger partial charge on any atom is -0.330 e. The zero-order chi connectivity index (χ0) is 12.6. The third kappa shape index (κ3) is 2.23. The molecule has 0 bridgehead atoms. The van der Waals surface area contributed by atoms with Gasteiger partial charge in [-0.05, 0) is 53.8 Å². The Balaban J connectivity index is 2.51. The first-order valence-electron chi connectivity index (χ1n) is 6.42. The molecule has 2 heteroatoms. The molecular weight excluding hydrogens is 213 g/mol. The van der Waals surface area contributed by atoms with Gasteiger partial charge in [0, 0.05) is 0 Å². The minimum atomic E-state index is -0.0489. The molecule has 0 aromatic heterocycles. The van der Waals surface area contributed by atoms with Crippen LogP contribution in [0, 0.1) is 17.2 Å². The largest absolute Gasteiger partial charge is 0.330 e. The van der Waals surface area contributed by atoms with Gasteiger partial charge in [-0.1, -0.05) is 32.9 Å². The molecule has 0 saturated heterocycles. The van der Waals surface area contributed by atoms with Gasteiger partial charge in [0.05, 0.1) is 0 Å². The average Bonchev–Trinajstić information content (AvgIpc) is 2.26. The third-order valence-corrected chi connectivity index (χ3v) is 3.96. The first-order valence-corrected chi connectivity index (χ1v) is 6.42. The van der Waals surface area contributed by atoms with E-state index in [1.165, 1.54) is 5.56 Å². The van der Waals surface area contributed by atoms with Crippen LogP contribution in [0.25, 0.3) is 0 Å². The van der Waals surface area contributed by atoms with Gasteiger partial charge in [0.1, 0.15) is 5.82 Å². The number of fused-ring (bicyclic) bond motifs is 1. The Hall–Kier alpha value is -0.890. The number of hydrogen-bond acceptors (Lipinski definition) is 1. The zero-order valence-corrected chi connectivity index (χ0v) is 11.0. The molecule has 1 aromatic rings. The fourth-order valence-electron chi connectivity index (χ4n) is 3.31. The monoisotopic (exact) mass is 235 g/mol. The lowest BCUT2D eigenvalue weighted by Crippen LogP contribution is -2.35. The number of nitrogens with two attached hydrogens (primary N) is 1. The number of rotatable bonds is 1. The molecule has 1 aromatic carbocycles. The quantitative estimate of drug-likeness (QED) is 0.792. The molecule has 0 amide bonds. The molecule has 2 N–H and O–H groups in total. The van der Waals surface area contributed by atoms with Crippen molar-refractivity contribution in [1.82, 2.24) is 0 Å². The van der Waals surface area contributed by atoms with E-state index in [9.17, 15) is 4.39 Å². The van der Waals surface area contributed by atoms with Crippen LogP contribution in [0.15, 0.2) is 18.2 Å². The van der Waals surface area contributed by atoms with E-state index in [0.29, 0.717) is 18.4 Å². The Kier molecular flexibility index (Phi) is 3.26. The topological polar surface area (TPSA) is 26.0 Å². The van der Waals surface area contributed by atoms with Crippen LogP contribution in [0.3, 0.4) is 0 Å². The molecule has 0 saturated carbocycles. The summed E-state index contributed by atoms with van der Waals surface area (Å²) in [6.07, 6.45) is 1.84. The second kappa shape index (κ2) is 4.41. The highest BCUT2D eigenvalue weighted by atomic mass is 19.1. The van der Waals surface area contributed by atoms with Crippen LogP contribution in [0.2, 0.25) is 0 Å². The van der Waals surface area contributed by atoms with Gasteiger partial charge in [-0.2, -0.15) is 0 Å². The van der Waals surface area contributed by atoms with E-state index in [2.05, 4.69) is 26.8 Å². The van der Waals surface area contributed by atoms with Gasteiger partial charge in [-0.25, -0.2) is 4.39 Å². The zero-order valence-electron chi connectivity index (χ0n) is 11.0. The predicted octanol–water partition coefficient (Wildman–Crippen LogP) is 3.48. The lowest BCUT2D eigenvalue weighted by Gasteiger charge is -2.41. The molecular formula is C15H22FN. The van der Waals surface area contributed by atoms with E-state index >= 15 is 0 Å². The summed E-state index contributed by atoms with van der Waals surface area (Å²) in [5, 5.41) is 0. The first-order chi connectivity index (χ1) is 7.95. The Morgan fingerprint density at radius 3 is 2.65 bits per heavy atom. The molecule has 1 nitrogen and oxygen atoms in total. The van der Waals surface area contributed by atoms with E-state index < -0.39 is 0 Å². The summed E-state index contributed by atoms with van der Waals surface area (Å²) in [6.45, 7) is 7.36. The lowest BCUT2D eigenvalue weighted by atomic mass is 9.64. The summed E-state index contributed by atoms with van der Waals surface area (Å²) in [5.74, 6) is 0.795. The van der Waals surface area contributed by atoms with Crippen LogP contribution in [0.4, 0.5) is 4.39 Å². The molecule has 1 aliphatic carbocycles. The van der Waals surface area contributed by atoms with Crippen molar-refractivity contribution in [1.29, 1.82) is 0 Å². The Labute approximate surface area is 103 Å². The van der Waals surface area contributed by atoms with Crippen molar-refractivity contribution in [2.75, 3.05) is 6.54 Å². The van der Waals surface area contributed by atoms with E-state index in [0.717, 1.165) is 18.4 Å². The average molecular weight is 235 g/mol. The third-order valence-electron chi connectivity index (χ3n) is 3.96. The van der Waals surface area contributed by atoms with Gasteiger partial charge in [0.2, 0.25) is 0 Å². The van der Waals surface area contributed by atoms with Crippen LogP contribution in [-0.2, 0) is 6.42 Å². The number of benzene rings is 1. The molecule has 0 spiro atoms. The van der Waals surface area contributed by atoms with Crippen molar-refractivity contribution in [3.05, 3.63) is 35.1 Å². The molecule has 17 heavy (non-hydrogen) atoms. The summed E-state index contributed by atoms with van der Waals surface area (Å²) >= 11 is 0. The van der Waals surface area contributed by atoms with Crippen molar-refractivity contribution in [2.24, 2.45) is 17.1 Å². The smallest absolute Gasteiger partial charge is 0.126 e. The molecule has 0 heterocycles. The van der Waals surface area contributed by atoms with Crippen molar-refractivity contribution in [3.8, 4) is 0 Å². The normalized spacial score (nSPS) is 24.5. The van der Waals surface area contributed by atoms with E-state index in [-0.39, 0.29) is 11.2 Å². The van der Waals surface area contributed by atoms with E-state index in [4.69, 9.17) is 5.73 Å². The van der Waals surface area contributed by atoms with Crippen molar-refractivity contribution in [2.45, 2.75) is 39.5 Å². The summed E-state index contributed by atoms with van der Waals surface area (Å²) in [5.41, 5.74) is 8.12. The molecule has 0 radical (unpaired) electrons. The van der Waals surface area contributed by atoms with Gasteiger partial charge in [0.15, 0.2) is 0 Å². The molecule has 2 unspecified atom stereocenters. The van der Waals surface area contributed by atoms with Crippen molar-refractivity contribution in [3.63, 3.8) is 0 Å². The standard InChI is InChI=1S/C15H22FN/c1-15(2,3)14-10(9-17)7-8-11-12(14)5-4-6-13(11)16/h4-6,10,14H,7-9,17H2,1-3H3. The van der Waals surface area contributed by atoms with Gasteiger partial charge < -0.3 is 5.73 Å². The Bertz CT molecular complexity index is 406. The van der Waals surface area contributed by atoms with Gasteiger partial charge in [0.25, 0.3) is 0 Å². The van der Waals surface area contributed by atoms with Crippen LogP contribution in [-0.4, -0.2) is 6.54 Å². The van der Waals surface area contributed by atoms with Crippen molar-refractivity contribution >= 4 is 0 Å². The van der Waals surface area contributed by atoms with Crippen LogP contribution in [0.5, 0.6) is 0 Å². The minimum absolute atomic E-state index is 0.0489. The number of halogens is 1. The van der Waals surface area contributed by atoms with Gasteiger partial charge >= 0.3 is 0 Å². The molecule has 1 aliphatic rings. The highest BCUT2D eigenvalue weighted by Crippen LogP contribution is 2.46. The number of hydrogen-bond donors (Lipinski definition) is 1. The Morgan fingerprint density at radius 1 is 1.35 bits per heavy atom. The summed E-state index contributed by atoms with van der Waals surface area (Å²) < 4.78 is 13.8. The second-order valence-electron chi connectivity index (χ2n) is 6.19. The van der Waals surface area contributed by atoms with Crippen LogP contribution < -0.4 is 5.73 Å². The maximum absolute atomic E-state index is 13.8. The molecule has 2 atom stereocenters. The summed E-state index contributed by atoms with van der Waals surface area (Å²) in [6, 6.07) is 5.48. The SMILES string of the molecule is CC(C)(C)C1c2cccc(F)c2CCC1CN. The van der Waals surface area contributed by atoms with Crippen LogP contribution >= 0.6 is 0 Å². The van der Waals surface area contributed by atoms with Crippen molar-refractivity contribution < 1.29 is 4.39 Å². The fraction of sp³-hybridized carbons (Fsp3) is 0.600. The van der Waals surface area contributed by atoms with Crippen LogP contribution in [0.1, 0.15) is 44.2 Å². The summed E-state index contributed by atoms with van der Waals surface area (Å²) in [7, 11) is 0.